The van der Waals surface area contributed by atoms with Crippen LogP contribution in [-0.4, -0.2) is 24.9 Å². The van der Waals surface area contributed by atoms with Gasteiger partial charge in [-0.15, -0.1) is 0 Å². The van der Waals surface area contributed by atoms with Crippen molar-refractivity contribution in [3.8, 4) is 0 Å². The maximum Gasteiger partial charge on any atom is 0.184 e. The molecular formula is C22H22BrClN6. The molecule has 3 aromatic heterocycles. The predicted octanol–water partition coefficient (Wildman–Crippen LogP) is 6.55. The standard InChI is InChI=1S/C22H22BrClN6/c1-6-13(4)15(9-14(5)24)20-29-21-19(26-7-8-27-21)22(30-20)28-18-16(12(2)3)10-25-11-17(18)23/h7-12H,4-6H2,1-3H3,(H,25,27,28,29,30)/b15-9+. The third-order valence-corrected chi connectivity index (χ3v) is 5.19. The van der Waals surface area contributed by atoms with Gasteiger partial charge in [-0.2, -0.15) is 0 Å². The highest BCUT2D eigenvalue weighted by molar-refractivity contribution is 9.10. The fourth-order valence-corrected chi connectivity index (χ4v) is 3.44. The largest absolute Gasteiger partial charge is 0.337 e. The molecule has 1 N–H and O–H groups in total. The second-order valence-electron chi connectivity index (χ2n) is 6.95. The molecule has 0 unspecified atom stereocenters. The van der Waals surface area contributed by atoms with E-state index in [-0.39, 0.29) is 5.92 Å². The highest BCUT2D eigenvalue weighted by Gasteiger charge is 2.18. The highest BCUT2D eigenvalue weighted by atomic mass is 79.9. The Morgan fingerprint density at radius 3 is 2.60 bits per heavy atom. The molecule has 0 aliphatic carbocycles. The Bertz CT molecular complexity index is 1160. The van der Waals surface area contributed by atoms with Crippen LogP contribution in [0.1, 0.15) is 44.5 Å². The van der Waals surface area contributed by atoms with Gasteiger partial charge in [-0.25, -0.2) is 19.9 Å². The summed E-state index contributed by atoms with van der Waals surface area (Å²) in [7, 11) is 0. The molecule has 0 aliphatic heterocycles. The Hall–Kier alpha value is -2.64. The van der Waals surface area contributed by atoms with Crippen LogP contribution in [0.5, 0.6) is 0 Å². The number of rotatable bonds is 7. The number of nitrogens with one attached hydrogen (secondary N) is 1. The van der Waals surface area contributed by atoms with Crippen LogP contribution >= 0.6 is 27.5 Å². The molecule has 0 aromatic carbocycles. The molecular weight excluding hydrogens is 464 g/mol. The van der Waals surface area contributed by atoms with Gasteiger partial charge >= 0.3 is 0 Å². The van der Waals surface area contributed by atoms with Crippen LogP contribution in [0.2, 0.25) is 0 Å². The number of pyridine rings is 1. The lowest BCUT2D eigenvalue weighted by atomic mass is 10.0. The first-order valence-electron chi connectivity index (χ1n) is 9.45. The number of hydrogen-bond donors (Lipinski definition) is 1. The number of halogens is 2. The molecule has 154 valence electrons. The molecule has 8 heteroatoms. The van der Waals surface area contributed by atoms with E-state index in [1.165, 1.54) is 0 Å². The van der Waals surface area contributed by atoms with E-state index in [9.17, 15) is 0 Å². The number of hydrogen-bond acceptors (Lipinski definition) is 6. The third kappa shape index (κ3) is 4.74. The summed E-state index contributed by atoms with van der Waals surface area (Å²) in [4.78, 5) is 22.5. The van der Waals surface area contributed by atoms with Crippen LogP contribution in [0.25, 0.3) is 16.7 Å². The van der Waals surface area contributed by atoms with E-state index < -0.39 is 0 Å². The molecule has 3 aromatic rings. The molecule has 3 rings (SSSR count). The van der Waals surface area contributed by atoms with Crippen molar-refractivity contribution in [1.82, 2.24) is 24.9 Å². The number of nitrogens with zero attached hydrogens (tertiary/aromatic N) is 5. The summed E-state index contributed by atoms with van der Waals surface area (Å²) < 4.78 is 0.828. The van der Waals surface area contributed by atoms with Gasteiger partial charge in [0.25, 0.3) is 0 Å². The molecule has 0 saturated heterocycles. The van der Waals surface area contributed by atoms with E-state index >= 15 is 0 Å². The molecule has 0 saturated carbocycles. The van der Waals surface area contributed by atoms with E-state index in [0.717, 1.165) is 21.3 Å². The Labute approximate surface area is 189 Å². The van der Waals surface area contributed by atoms with Gasteiger partial charge in [-0.05, 0) is 45.5 Å². The van der Waals surface area contributed by atoms with Gasteiger partial charge in [0.1, 0.15) is 0 Å². The topological polar surface area (TPSA) is 76.5 Å². The number of allylic oxidation sites excluding steroid dienone is 4. The predicted molar refractivity (Wildman–Crippen MR) is 127 cm³/mol. The molecule has 6 nitrogen and oxygen atoms in total. The molecule has 0 radical (unpaired) electrons. The van der Waals surface area contributed by atoms with Gasteiger partial charge in [0.05, 0.1) is 10.2 Å². The lowest BCUT2D eigenvalue weighted by molar-refractivity contribution is 0.859. The zero-order valence-electron chi connectivity index (χ0n) is 17.1. The van der Waals surface area contributed by atoms with E-state index in [0.29, 0.717) is 39.8 Å². The van der Waals surface area contributed by atoms with Crippen molar-refractivity contribution < 1.29 is 0 Å². The zero-order valence-corrected chi connectivity index (χ0v) is 19.4. The van der Waals surface area contributed by atoms with Crippen LogP contribution in [0.4, 0.5) is 11.5 Å². The summed E-state index contributed by atoms with van der Waals surface area (Å²) in [6.07, 6.45) is 9.24. The highest BCUT2D eigenvalue weighted by Crippen LogP contribution is 2.34. The molecule has 0 spiro atoms. The lowest BCUT2D eigenvalue weighted by Crippen LogP contribution is -2.07. The SMILES string of the molecule is C=C(Cl)/C=C(\C(=C)CC)c1nc(Nc2c(Br)cncc2C(C)C)c2nccnc2n1. The summed E-state index contributed by atoms with van der Waals surface area (Å²) in [5.74, 6) is 1.24. The minimum Gasteiger partial charge on any atom is -0.337 e. The number of anilines is 2. The molecule has 30 heavy (non-hydrogen) atoms. The first kappa shape index (κ1) is 22.1. The molecule has 3 heterocycles. The number of aromatic nitrogens is 5. The van der Waals surface area contributed by atoms with Crippen molar-refractivity contribution in [1.29, 1.82) is 0 Å². The second kappa shape index (κ2) is 9.45. The van der Waals surface area contributed by atoms with Gasteiger partial charge in [-0.3, -0.25) is 4.98 Å². The summed E-state index contributed by atoms with van der Waals surface area (Å²) in [5, 5.41) is 3.79. The van der Waals surface area contributed by atoms with Crippen LogP contribution < -0.4 is 5.32 Å². The fraction of sp³-hybridized carbons (Fsp3) is 0.227. The molecule has 0 aliphatic rings. The second-order valence-corrected chi connectivity index (χ2v) is 8.29. The van der Waals surface area contributed by atoms with Gasteiger partial charge in [0, 0.05) is 35.4 Å². The smallest absolute Gasteiger partial charge is 0.184 e. The zero-order chi connectivity index (χ0) is 21.8. The average Bonchev–Trinajstić information content (AvgIpc) is 2.72. The van der Waals surface area contributed by atoms with Crippen LogP contribution in [0.3, 0.4) is 0 Å². The van der Waals surface area contributed by atoms with Crippen molar-refractivity contribution in [3.63, 3.8) is 0 Å². The van der Waals surface area contributed by atoms with Crippen LogP contribution in [0.15, 0.2) is 59.1 Å². The Kier molecular flexibility index (Phi) is 6.95. The average molecular weight is 486 g/mol. The fourth-order valence-electron chi connectivity index (χ4n) is 2.88. The molecule has 0 bridgehead atoms. The van der Waals surface area contributed by atoms with E-state index in [1.54, 1.807) is 24.7 Å². The third-order valence-electron chi connectivity index (χ3n) is 4.48. The van der Waals surface area contributed by atoms with Crippen molar-refractivity contribution in [2.45, 2.75) is 33.1 Å². The summed E-state index contributed by atoms with van der Waals surface area (Å²) in [6.45, 7) is 14.1. The van der Waals surface area contributed by atoms with Crippen LogP contribution in [0, 0.1) is 0 Å². The van der Waals surface area contributed by atoms with Gasteiger partial charge in [-0.1, -0.05) is 45.5 Å². The quantitative estimate of drug-likeness (QED) is 0.383. The monoisotopic (exact) mass is 484 g/mol. The summed E-state index contributed by atoms with van der Waals surface area (Å²) in [5.41, 5.74) is 4.51. The Morgan fingerprint density at radius 1 is 1.20 bits per heavy atom. The van der Waals surface area contributed by atoms with Crippen LogP contribution in [-0.2, 0) is 0 Å². The molecule has 0 atom stereocenters. The minimum absolute atomic E-state index is 0.256. The summed E-state index contributed by atoms with van der Waals surface area (Å²) >= 11 is 9.66. The van der Waals surface area contributed by atoms with Gasteiger partial charge < -0.3 is 5.32 Å². The van der Waals surface area contributed by atoms with Crippen molar-refractivity contribution in [2.24, 2.45) is 0 Å². The Morgan fingerprint density at radius 2 is 1.93 bits per heavy atom. The van der Waals surface area contributed by atoms with E-state index in [2.05, 4.69) is 68.2 Å². The van der Waals surface area contributed by atoms with Crippen molar-refractivity contribution >= 4 is 55.8 Å². The first-order valence-corrected chi connectivity index (χ1v) is 10.6. The minimum atomic E-state index is 0.256. The normalized spacial score (nSPS) is 11.7. The van der Waals surface area contributed by atoms with Crippen molar-refractivity contribution in [3.05, 3.63) is 70.5 Å². The maximum absolute atomic E-state index is 6.06. The van der Waals surface area contributed by atoms with Gasteiger partial charge in [0.15, 0.2) is 22.8 Å². The molecule has 0 amide bonds. The first-order chi connectivity index (χ1) is 14.3. The maximum atomic E-state index is 6.06. The van der Waals surface area contributed by atoms with Crippen molar-refractivity contribution in [2.75, 3.05) is 5.32 Å². The lowest BCUT2D eigenvalue weighted by Gasteiger charge is -2.17. The van der Waals surface area contributed by atoms with E-state index in [1.807, 2.05) is 13.1 Å². The molecule has 0 fully saturated rings. The van der Waals surface area contributed by atoms with E-state index in [4.69, 9.17) is 16.6 Å². The van der Waals surface area contributed by atoms with Gasteiger partial charge in [0.2, 0.25) is 0 Å². The summed E-state index contributed by atoms with van der Waals surface area (Å²) in [6, 6.07) is 0. The number of fused-ring (bicyclic) bond motifs is 1. The Balaban J connectivity index is 2.23.